The molecule has 1 aliphatic rings. The third-order valence-corrected chi connectivity index (χ3v) is 5.56. The number of hydrogen-bond donors (Lipinski definition) is 2. The third kappa shape index (κ3) is 2.65. The number of carbonyl (C=O) groups is 1. The van der Waals surface area contributed by atoms with E-state index < -0.39 is 11.9 Å². The first-order valence-corrected chi connectivity index (χ1v) is 9.02. The number of anilines is 1. The molecule has 134 valence electrons. The van der Waals surface area contributed by atoms with Crippen molar-refractivity contribution in [3.8, 4) is 11.4 Å². The average molecular weight is 370 g/mol. The van der Waals surface area contributed by atoms with E-state index in [1.807, 2.05) is 30.3 Å². The van der Waals surface area contributed by atoms with E-state index in [2.05, 4.69) is 9.97 Å². The van der Waals surface area contributed by atoms with Crippen LogP contribution in [0, 0.1) is 0 Å². The largest absolute Gasteiger partial charge is 0.368 e. The van der Waals surface area contributed by atoms with Crippen molar-refractivity contribution in [1.29, 1.82) is 0 Å². The number of rotatable bonds is 3. The van der Waals surface area contributed by atoms with Crippen molar-refractivity contribution < 1.29 is 4.79 Å². The Hall–Kier alpha value is -2.78. The van der Waals surface area contributed by atoms with Crippen LogP contribution < -0.4 is 21.9 Å². The van der Waals surface area contributed by atoms with Crippen LogP contribution >= 0.6 is 11.3 Å². The molecule has 0 aliphatic carbocycles. The summed E-state index contributed by atoms with van der Waals surface area (Å²) in [6, 6.07) is 8.83. The zero-order chi connectivity index (χ0) is 18.4. The highest BCUT2D eigenvalue weighted by Crippen LogP contribution is 2.32. The minimum absolute atomic E-state index is 0.157. The number of nitrogens with two attached hydrogens (primary N) is 2. The summed E-state index contributed by atoms with van der Waals surface area (Å²) >= 11 is 1.28. The van der Waals surface area contributed by atoms with Crippen LogP contribution in [-0.4, -0.2) is 39.1 Å². The zero-order valence-electron chi connectivity index (χ0n) is 14.1. The molecule has 4 rings (SSSR count). The molecule has 0 saturated carbocycles. The van der Waals surface area contributed by atoms with Gasteiger partial charge < -0.3 is 16.4 Å². The minimum Gasteiger partial charge on any atom is -0.368 e. The highest BCUT2D eigenvalue weighted by atomic mass is 32.1. The van der Waals surface area contributed by atoms with Crippen molar-refractivity contribution in [3.63, 3.8) is 0 Å². The molecule has 0 bridgehead atoms. The highest BCUT2D eigenvalue weighted by Gasteiger charge is 2.36. The number of aromatic nitrogens is 3. The van der Waals surface area contributed by atoms with E-state index in [0.717, 1.165) is 5.56 Å². The van der Waals surface area contributed by atoms with Gasteiger partial charge in [-0.05, 0) is 6.42 Å². The Morgan fingerprint density at radius 1 is 1.27 bits per heavy atom. The molecule has 3 aromatic rings. The monoisotopic (exact) mass is 370 g/mol. The standard InChI is InChI=1S/C17H18N6O2S/c1-22-14(9-5-3-2-4-6-9)21-15-12(16(22)25)20-17(26-15)23-8-10(18)7-11(23)13(19)24/h2-6,10-11H,7-8,18H2,1H3,(H2,19,24)/t10-,11+/m0/s1. The van der Waals surface area contributed by atoms with E-state index in [1.54, 1.807) is 11.9 Å². The molecule has 9 heteroatoms. The number of hydrogen-bond acceptors (Lipinski definition) is 7. The fourth-order valence-corrected chi connectivity index (χ4v) is 4.25. The second-order valence-corrected chi connectivity index (χ2v) is 7.34. The normalized spacial score (nSPS) is 20.0. The molecule has 1 saturated heterocycles. The number of primary amides is 1. The first kappa shape index (κ1) is 16.7. The first-order chi connectivity index (χ1) is 12.5. The maximum atomic E-state index is 12.8. The Balaban J connectivity index is 1.85. The van der Waals surface area contributed by atoms with Crippen molar-refractivity contribution in [3.05, 3.63) is 40.7 Å². The van der Waals surface area contributed by atoms with E-state index >= 15 is 0 Å². The van der Waals surface area contributed by atoms with Crippen molar-refractivity contribution in [2.75, 3.05) is 11.4 Å². The zero-order valence-corrected chi connectivity index (χ0v) is 14.9. The topological polar surface area (TPSA) is 120 Å². The molecule has 26 heavy (non-hydrogen) atoms. The molecule has 1 aromatic carbocycles. The second kappa shape index (κ2) is 6.19. The van der Waals surface area contributed by atoms with Gasteiger partial charge in [0.25, 0.3) is 5.56 Å². The number of thiazole rings is 1. The van der Waals surface area contributed by atoms with Crippen LogP contribution in [0.2, 0.25) is 0 Å². The van der Waals surface area contributed by atoms with Crippen molar-refractivity contribution in [1.82, 2.24) is 14.5 Å². The van der Waals surface area contributed by atoms with Crippen molar-refractivity contribution in [2.24, 2.45) is 18.5 Å². The smallest absolute Gasteiger partial charge is 0.281 e. The molecule has 8 nitrogen and oxygen atoms in total. The lowest BCUT2D eigenvalue weighted by Crippen LogP contribution is -2.40. The molecule has 3 heterocycles. The third-order valence-electron chi connectivity index (χ3n) is 4.57. The predicted octanol–water partition coefficient (Wildman–Crippen LogP) is 0.448. The van der Waals surface area contributed by atoms with Gasteiger partial charge in [0.15, 0.2) is 15.5 Å². The lowest BCUT2D eigenvalue weighted by Gasteiger charge is -2.20. The lowest BCUT2D eigenvalue weighted by atomic mass is 10.2. The van der Waals surface area contributed by atoms with Gasteiger partial charge in [0.1, 0.15) is 11.9 Å². The van der Waals surface area contributed by atoms with Gasteiger partial charge in [-0.2, -0.15) is 0 Å². The van der Waals surface area contributed by atoms with E-state index in [-0.39, 0.29) is 17.1 Å². The summed E-state index contributed by atoms with van der Waals surface area (Å²) in [6.07, 6.45) is 0.478. The van der Waals surface area contributed by atoms with E-state index in [4.69, 9.17) is 11.5 Å². The molecular weight excluding hydrogens is 352 g/mol. The molecule has 1 aliphatic heterocycles. The van der Waals surface area contributed by atoms with Gasteiger partial charge in [0, 0.05) is 25.2 Å². The maximum Gasteiger partial charge on any atom is 0.281 e. The van der Waals surface area contributed by atoms with Crippen molar-refractivity contribution in [2.45, 2.75) is 18.5 Å². The summed E-state index contributed by atoms with van der Waals surface area (Å²) < 4.78 is 1.49. The van der Waals surface area contributed by atoms with Crippen LogP contribution in [0.5, 0.6) is 0 Å². The Morgan fingerprint density at radius 2 is 2.00 bits per heavy atom. The number of carbonyl (C=O) groups excluding carboxylic acids is 1. The lowest BCUT2D eigenvalue weighted by molar-refractivity contribution is -0.119. The van der Waals surface area contributed by atoms with Gasteiger partial charge in [-0.1, -0.05) is 41.7 Å². The average Bonchev–Trinajstić information content (AvgIpc) is 3.22. The SMILES string of the molecule is Cn1c(-c2ccccc2)nc2sc(N3C[C@@H](N)C[C@@H]3C(N)=O)nc2c1=O. The molecule has 1 fully saturated rings. The van der Waals surface area contributed by atoms with Gasteiger partial charge in [0.05, 0.1) is 0 Å². The van der Waals surface area contributed by atoms with Gasteiger partial charge in [-0.15, -0.1) is 0 Å². The summed E-state index contributed by atoms with van der Waals surface area (Å²) in [4.78, 5) is 35.9. The van der Waals surface area contributed by atoms with E-state index in [1.165, 1.54) is 15.9 Å². The Bertz CT molecular complexity index is 1040. The maximum absolute atomic E-state index is 12.8. The van der Waals surface area contributed by atoms with Gasteiger partial charge >= 0.3 is 0 Å². The Labute approximate surface area is 153 Å². The van der Waals surface area contributed by atoms with Gasteiger partial charge in [-0.3, -0.25) is 14.2 Å². The van der Waals surface area contributed by atoms with Crippen LogP contribution in [0.4, 0.5) is 5.13 Å². The Kier molecular flexibility index (Phi) is 3.97. The van der Waals surface area contributed by atoms with E-state index in [9.17, 15) is 9.59 Å². The second-order valence-electron chi connectivity index (χ2n) is 6.38. The van der Waals surface area contributed by atoms with Gasteiger partial charge in [-0.25, -0.2) is 9.97 Å². The number of amides is 1. The van der Waals surface area contributed by atoms with Crippen LogP contribution in [0.3, 0.4) is 0 Å². The molecule has 0 unspecified atom stereocenters. The number of fused-ring (bicyclic) bond motifs is 1. The molecule has 2 atom stereocenters. The molecule has 2 aromatic heterocycles. The highest BCUT2D eigenvalue weighted by molar-refractivity contribution is 7.21. The Morgan fingerprint density at radius 3 is 2.69 bits per heavy atom. The summed E-state index contributed by atoms with van der Waals surface area (Å²) in [6.45, 7) is 0.472. The van der Waals surface area contributed by atoms with Crippen LogP contribution in [-0.2, 0) is 11.8 Å². The molecule has 0 radical (unpaired) electrons. The van der Waals surface area contributed by atoms with Crippen LogP contribution in [0.15, 0.2) is 35.1 Å². The molecule has 1 amide bonds. The number of nitrogens with zero attached hydrogens (tertiary/aromatic N) is 4. The van der Waals surface area contributed by atoms with Crippen LogP contribution in [0.25, 0.3) is 21.7 Å². The summed E-state index contributed by atoms with van der Waals surface area (Å²) in [5.41, 5.74) is 12.4. The fraction of sp³-hybridized carbons (Fsp3) is 0.294. The molecule has 0 spiro atoms. The minimum atomic E-state index is -0.511. The fourth-order valence-electron chi connectivity index (χ4n) is 3.26. The first-order valence-electron chi connectivity index (χ1n) is 8.20. The summed E-state index contributed by atoms with van der Waals surface area (Å²) in [5, 5.41) is 0.548. The quantitative estimate of drug-likeness (QED) is 0.691. The molecule has 4 N–H and O–H groups in total. The van der Waals surface area contributed by atoms with Crippen molar-refractivity contribution >= 4 is 32.7 Å². The van der Waals surface area contributed by atoms with Gasteiger partial charge in [0.2, 0.25) is 5.91 Å². The summed E-state index contributed by atoms with van der Waals surface area (Å²) in [7, 11) is 1.67. The van der Waals surface area contributed by atoms with E-state index in [0.29, 0.717) is 28.8 Å². The molecular formula is C17H18N6O2S. The van der Waals surface area contributed by atoms with Crippen LogP contribution in [0.1, 0.15) is 6.42 Å². The number of benzene rings is 1. The predicted molar refractivity (Wildman–Crippen MR) is 101 cm³/mol. The summed E-state index contributed by atoms with van der Waals surface area (Å²) in [5.74, 6) is 0.130.